The van der Waals surface area contributed by atoms with Gasteiger partial charge in [-0.3, -0.25) is 9.62 Å². The van der Waals surface area contributed by atoms with Gasteiger partial charge in [0.1, 0.15) is 11.6 Å². The van der Waals surface area contributed by atoms with Crippen molar-refractivity contribution in [2.75, 3.05) is 17.1 Å². The van der Waals surface area contributed by atoms with Gasteiger partial charge in [0, 0.05) is 24.2 Å². The molecule has 0 bridgehead atoms. The van der Waals surface area contributed by atoms with Gasteiger partial charge >= 0.3 is 12.1 Å². The zero-order valence-electron chi connectivity index (χ0n) is 22.8. The van der Waals surface area contributed by atoms with Crippen LogP contribution in [0.3, 0.4) is 0 Å². The van der Waals surface area contributed by atoms with Gasteiger partial charge in [-0.2, -0.15) is 26.0 Å². The molecule has 0 unspecified atom stereocenters. The monoisotopic (exact) mass is 603 g/mol. The highest BCUT2D eigenvalue weighted by Crippen LogP contribution is 2.23. The second-order valence-electron chi connectivity index (χ2n) is 9.79. The van der Waals surface area contributed by atoms with E-state index in [1.54, 1.807) is 19.1 Å². The largest absolute Gasteiger partial charge is 0.490 e. The molecule has 15 heteroatoms. The molecule has 224 valence electrons. The Morgan fingerprint density at radius 2 is 1.61 bits per heavy atom. The summed E-state index contributed by atoms with van der Waals surface area (Å²) in [6.07, 6.45) is -5.08. The lowest BCUT2D eigenvalue weighted by atomic mass is 10.0. The molecule has 3 aromatic rings. The summed E-state index contributed by atoms with van der Waals surface area (Å²) in [6, 6.07) is 11.7. The van der Waals surface area contributed by atoms with E-state index >= 15 is 0 Å². The van der Waals surface area contributed by atoms with E-state index in [2.05, 4.69) is 45.7 Å². The standard InChI is InChI=1S/C24H29F2N5O2S.C2HF3O2/c1-16-20(12-13-23(28-16)34(32,33)30-22-11-7-10-21(26)29-22)27-14-18-17(8-6-9-19(18)25)15-31(5)24(2,3)4;3-2(4,5)1(6)7/h6-13,27H,14-15H2,1-5H3,(H,29,30);(H,6,7). The number of aliphatic carboxylic acids is 1. The van der Waals surface area contributed by atoms with E-state index in [4.69, 9.17) is 9.90 Å². The summed E-state index contributed by atoms with van der Waals surface area (Å²) in [7, 11) is -2.07. The predicted molar refractivity (Wildman–Crippen MR) is 143 cm³/mol. The van der Waals surface area contributed by atoms with Crippen LogP contribution in [-0.2, 0) is 27.9 Å². The number of anilines is 2. The summed E-state index contributed by atoms with van der Waals surface area (Å²) in [5.41, 5.74) is 2.31. The van der Waals surface area contributed by atoms with Crippen LogP contribution in [0.2, 0.25) is 0 Å². The summed E-state index contributed by atoms with van der Waals surface area (Å²) >= 11 is 0. The van der Waals surface area contributed by atoms with Crippen molar-refractivity contribution in [2.45, 2.75) is 57.5 Å². The Bertz CT molecular complexity index is 1480. The average Bonchev–Trinajstić information content (AvgIpc) is 2.83. The highest BCUT2D eigenvalue weighted by atomic mass is 32.2. The SMILES string of the molecule is Cc1nc(S(=O)(=O)Nc2cccc(F)n2)ccc1NCc1c(F)cccc1CN(C)C(C)(C)C.O=C(O)C(F)(F)F. The third-order valence-electron chi connectivity index (χ3n) is 5.76. The van der Waals surface area contributed by atoms with Crippen molar-refractivity contribution in [3.63, 3.8) is 0 Å². The summed E-state index contributed by atoms with van der Waals surface area (Å²) in [4.78, 5) is 18.7. The van der Waals surface area contributed by atoms with Crippen molar-refractivity contribution in [2.24, 2.45) is 0 Å². The maximum absolute atomic E-state index is 14.7. The van der Waals surface area contributed by atoms with Crippen molar-refractivity contribution < 1.29 is 40.3 Å². The molecule has 0 aliphatic rings. The van der Waals surface area contributed by atoms with Crippen LogP contribution in [0.25, 0.3) is 0 Å². The van der Waals surface area contributed by atoms with Crippen molar-refractivity contribution in [1.82, 2.24) is 14.9 Å². The number of carboxylic acids is 1. The number of nitrogens with zero attached hydrogens (tertiary/aromatic N) is 3. The van der Waals surface area contributed by atoms with Crippen molar-refractivity contribution in [3.8, 4) is 0 Å². The fourth-order valence-electron chi connectivity index (χ4n) is 3.16. The lowest BCUT2D eigenvalue weighted by molar-refractivity contribution is -0.192. The summed E-state index contributed by atoms with van der Waals surface area (Å²) < 4.78 is 87.1. The maximum atomic E-state index is 14.7. The second-order valence-corrected chi connectivity index (χ2v) is 11.4. The average molecular weight is 604 g/mol. The molecule has 9 nitrogen and oxygen atoms in total. The van der Waals surface area contributed by atoms with Crippen molar-refractivity contribution in [1.29, 1.82) is 0 Å². The number of carboxylic acid groups (broad SMARTS) is 1. The van der Waals surface area contributed by atoms with Crippen LogP contribution >= 0.6 is 0 Å². The molecule has 3 N–H and O–H groups in total. The number of sulfonamides is 1. The first kappa shape index (κ1) is 33.4. The van der Waals surface area contributed by atoms with Gasteiger partial charge in [0.2, 0.25) is 5.95 Å². The molecular formula is C26H30F5N5O4S. The van der Waals surface area contributed by atoms with E-state index in [0.717, 1.165) is 11.6 Å². The zero-order valence-corrected chi connectivity index (χ0v) is 23.7. The minimum Gasteiger partial charge on any atom is -0.475 e. The normalized spacial score (nSPS) is 12.0. The highest BCUT2D eigenvalue weighted by Gasteiger charge is 2.38. The van der Waals surface area contributed by atoms with E-state index < -0.39 is 28.1 Å². The Balaban J connectivity index is 0.000000745. The molecule has 3 rings (SSSR count). The Labute approximate surface area is 234 Å². The molecule has 0 amide bonds. The lowest BCUT2D eigenvalue weighted by Gasteiger charge is -2.32. The van der Waals surface area contributed by atoms with Crippen LogP contribution in [0.15, 0.2) is 53.6 Å². The third-order valence-corrected chi connectivity index (χ3v) is 7.01. The van der Waals surface area contributed by atoms with E-state index in [-0.39, 0.29) is 28.7 Å². The topological polar surface area (TPSA) is 125 Å². The summed E-state index contributed by atoms with van der Waals surface area (Å²) in [6.45, 7) is 8.71. The predicted octanol–water partition coefficient (Wildman–Crippen LogP) is 5.34. The molecule has 0 radical (unpaired) electrons. The Morgan fingerprint density at radius 1 is 1.00 bits per heavy atom. The lowest BCUT2D eigenvalue weighted by Crippen LogP contribution is -2.37. The number of halogens is 5. The van der Waals surface area contributed by atoms with Gasteiger partial charge in [-0.25, -0.2) is 19.2 Å². The molecule has 0 atom stereocenters. The molecule has 0 fully saturated rings. The van der Waals surface area contributed by atoms with Crippen LogP contribution in [-0.4, -0.2) is 53.1 Å². The number of aromatic nitrogens is 2. The Hall–Kier alpha value is -3.85. The molecule has 0 aliphatic heterocycles. The third kappa shape index (κ3) is 9.93. The number of hydrogen-bond acceptors (Lipinski definition) is 7. The van der Waals surface area contributed by atoms with E-state index in [1.165, 1.54) is 24.3 Å². The van der Waals surface area contributed by atoms with E-state index in [1.807, 2.05) is 13.1 Å². The van der Waals surface area contributed by atoms with E-state index in [9.17, 15) is 30.4 Å². The number of carbonyl (C=O) groups is 1. The molecule has 0 spiro atoms. The van der Waals surface area contributed by atoms with Gasteiger partial charge in [-0.15, -0.1) is 0 Å². The summed E-state index contributed by atoms with van der Waals surface area (Å²) in [5.74, 6) is -4.02. The van der Waals surface area contributed by atoms with Gasteiger partial charge < -0.3 is 10.4 Å². The van der Waals surface area contributed by atoms with Crippen LogP contribution in [0, 0.1) is 18.7 Å². The molecule has 41 heavy (non-hydrogen) atoms. The quantitative estimate of drug-likeness (QED) is 0.233. The van der Waals surface area contributed by atoms with Crippen LogP contribution in [0.4, 0.5) is 33.5 Å². The van der Waals surface area contributed by atoms with Crippen LogP contribution < -0.4 is 10.0 Å². The number of rotatable bonds is 8. The van der Waals surface area contributed by atoms with Crippen molar-refractivity contribution in [3.05, 3.63) is 77.1 Å². The fourth-order valence-corrected chi connectivity index (χ4v) is 4.15. The molecule has 2 heterocycles. The minimum absolute atomic E-state index is 0.0755. The first-order valence-electron chi connectivity index (χ1n) is 12.0. The number of pyridine rings is 2. The fraction of sp³-hybridized carbons (Fsp3) is 0.346. The number of benzene rings is 1. The molecule has 0 saturated carbocycles. The van der Waals surface area contributed by atoms with Crippen molar-refractivity contribution >= 4 is 27.5 Å². The van der Waals surface area contributed by atoms with Crippen LogP contribution in [0.1, 0.15) is 37.6 Å². The van der Waals surface area contributed by atoms with Crippen LogP contribution in [0.5, 0.6) is 0 Å². The van der Waals surface area contributed by atoms with Gasteiger partial charge in [0.05, 0.1) is 11.4 Å². The van der Waals surface area contributed by atoms with Gasteiger partial charge in [-0.05, 0) is 70.6 Å². The van der Waals surface area contributed by atoms with Gasteiger partial charge in [0.25, 0.3) is 10.0 Å². The first-order chi connectivity index (χ1) is 18.8. The van der Waals surface area contributed by atoms with Gasteiger partial charge in [0.15, 0.2) is 5.03 Å². The second kappa shape index (κ2) is 13.2. The molecule has 0 aliphatic carbocycles. The summed E-state index contributed by atoms with van der Waals surface area (Å²) in [5, 5.41) is 10.0. The number of aryl methyl sites for hydroxylation is 1. The van der Waals surface area contributed by atoms with E-state index in [0.29, 0.717) is 23.5 Å². The number of nitrogens with one attached hydrogen (secondary N) is 2. The maximum Gasteiger partial charge on any atom is 0.490 e. The minimum atomic E-state index is -5.08. The first-order valence-corrected chi connectivity index (χ1v) is 13.4. The zero-order chi connectivity index (χ0) is 31.2. The highest BCUT2D eigenvalue weighted by molar-refractivity contribution is 7.92. The molecule has 0 saturated heterocycles. The Kier molecular flexibility index (Phi) is 10.7. The molecule has 1 aromatic carbocycles. The number of alkyl halides is 3. The Morgan fingerprint density at radius 3 is 2.15 bits per heavy atom. The molecule has 2 aromatic heterocycles. The smallest absolute Gasteiger partial charge is 0.475 e. The molecular weight excluding hydrogens is 573 g/mol. The van der Waals surface area contributed by atoms with Gasteiger partial charge in [-0.1, -0.05) is 18.2 Å². The number of hydrogen-bond donors (Lipinski definition) is 3.